The van der Waals surface area contributed by atoms with E-state index in [2.05, 4.69) is 49.3 Å². The van der Waals surface area contributed by atoms with Gasteiger partial charge in [0.2, 0.25) is 0 Å². The molecule has 0 radical (unpaired) electrons. The minimum absolute atomic E-state index is 0.0796. The van der Waals surface area contributed by atoms with E-state index in [0.29, 0.717) is 21.5 Å². The van der Waals surface area contributed by atoms with Crippen LogP contribution in [-0.4, -0.2) is 24.7 Å². The Kier molecular flexibility index (Phi) is 5.50. The molecule has 0 spiro atoms. The van der Waals surface area contributed by atoms with Crippen molar-refractivity contribution < 1.29 is 4.79 Å². The zero-order valence-corrected chi connectivity index (χ0v) is 17.4. The number of hydrazone groups is 1. The topological polar surface area (TPSA) is 44.7 Å². The predicted octanol–water partition coefficient (Wildman–Crippen LogP) is 5.48. The molecule has 4 nitrogen and oxygen atoms in total. The quantitative estimate of drug-likeness (QED) is 0.544. The number of halogens is 2. The van der Waals surface area contributed by atoms with Gasteiger partial charge >= 0.3 is 0 Å². The highest BCUT2D eigenvalue weighted by atomic mass is 35.5. The van der Waals surface area contributed by atoms with Crippen molar-refractivity contribution in [2.75, 3.05) is 11.9 Å². The third kappa shape index (κ3) is 4.12. The Morgan fingerprint density at radius 2 is 2.04 bits per heavy atom. The van der Waals surface area contributed by atoms with E-state index < -0.39 is 0 Å². The van der Waals surface area contributed by atoms with Crippen LogP contribution in [0.4, 0.5) is 5.69 Å². The van der Waals surface area contributed by atoms with Crippen molar-refractivity contribution in [2.45, 2.75) is 38.6 Å². The summed E-state index contributed by atoms with van der Waals surface area (Å²) in [6.07, 6.45) is 2.64. The number of carbonyl (C=O) groups excluding carboxylic acids is 1. The minimum atomic E-state index is -0.322. The van der Waals surface area contributed by atoms with Crippen LogP contribution in [0, 0.1) is 0 Å². The first-order valence-electron chi connectivity index (χ1n) is 8.85. The molecule has 0 saturated heterocycles. The van der Waals surface area contributed by atoms with E-state index in [9.17, 15) is 4.79 Å². The summed E-state index contributed by atoms with van der Waals surface area (Å²) in [5, 5.41) is 5.17. The van der Waals surface area contributed by atoms with Crippen LogP contribution in [0.15, 0.2) is 41.5 Å². The lowest BCUT2D eigenvalue weighted by Crippen LogP contribution is -2.45. The van der Waals surface area contributed by atoms with E-state index in [0.717, 1.165) is 17.7 Å². The molecule has 0 aliphatic carbocycles. The lowest BCUT2D eigenvalue weighted by atomic mass is 9.80. The SMILES string of the molecule is C[C@H]1CC(C)(C)N(C)c2cc(Cl)c(/C=N\NC(=O)c3cccc(Cl)c3)cc21. The normalized spacial score (nSPS) is 18.4. The van der Waals surface area contributed by atoms with E-state index in [1.807, 2.05) is 6.07 Å². The highest BCUT2D eigenvalue weighted by Gasteiger charge is 2.34. The Morgan fingerprint density at radius 3 is 2.74 bits per heavy atom. The molecule has 1 amide bonds. The number of nitrogens with one attached hydrogen (secondary N) is 1. The van der Waals surface area contributed by atoms with Gasteiger partial charge in [0, 0.05) is 34.4 Å². The number of rotatable bonds is 3. The molecule has 1 aliphatic rings. The van der Waals surface area contributed by atoms with Gasteiger partial charge in [-0.05, 0) is 62.1 Å². The van der Waals surface area contributed by atoms with Gasteiger partial charge in [-0.3, -0.25) is 4.79 Å². The number of hydrogen-bond acceptors (Lipinski definition) is 3. The highest BCUT2D eigenvalue weighted by molar-refractivity contribution is 6.33. The van der Waals surface area contributed by atoms with Crippen LogP contribution >= 0.6 is 23.2 Å². The molecule has 1 aliphatic heterocycles. The molecule has 2 aromatic rings. The molecule has 142 valence electrons. The van der Waals surface area contributed by atoms with E-state index in [-0.39, 0.29) is 11.4 Å². The Morgan fingerprint density at radius 1 is 1.30 bits per heavy atom. The molecular weight excluding hydrogens is 381 g/mol. The number of carbonyl (C=O) groups is 1. The lowest BCUT2D eigenvalue weighted by molar-refractivity contribution is 0.0955. The van der Waals surface area contributed by atoms with Crippen LogP contribution in [0.5, 0.6) is 0 Å². The Balaban J connectivity index is 1.81. The van der Waals surface area contributed by atoms with Gasteiger partial charge in [-0.25, -0.2) is 5.43 Å². The van der Waals surface area contributed by atoms with Crippen LogP contribution < -0.4 is 10.3 Å². The summed E-state index contributed by atoms with van der Waals surface area (Å²) in [7, 11) is 2.10. The Labute approximate surface area is 170 Å². The van der Waals surface area contributed by atoms with Gasteiger partial charge in [-0.1, -0.05) is 36.2 Å². The van der Waals surface area contributed by atoms with E-state index in [1.165, 1.54) is 5.56 Å². The van der Waals surface area contributed by atoms with E-state index >= 15 is 0 Å². The van der Waals surface area contributed by atoms with Crippen molar-refractivity contribution in [3.8, 4) is 0 Å². The molecule has 2 aromatic carbocycles. The van der Waals surface area contributed by atoms with Gasteiger partial charge < -0.3 is 4.90 Å². The second kappa shape index (κ2) is 7.53. The van der Waals surface area contributed by atoms with Gasteiger partial charge in [-0.2, -0.15) is 5.10 Å². The highest BCUT2D eigenvalue weighted by Crippen LogP contribution is 2.44. The monoisotopic (exact) mass is 403 g/mol. The van der Waals surface area contributed by atoms with Crippen LogP contribution in [0.3, 0.4) is 0 Å². The van der Waals surface area contributed by atoms with Gasteiger partial charge in [0.1, 0.15) is 0 Å². The summed E-state index contributed by atoms with van der Waals surface area (Å²) in [5.41, 5.74) is 6.21. The standard InChI is InChI=1S/C21H23Cl2N3O/c1-13-11-21(2,3)26(4)19-10-18(23)15(9-17(13)19)12-24-25-20(27)14-6-5-7-16(22)8-14/h5-10,12-13H,11H2,1-4H3,(H,25,27)/b24-12-/t13-/m0/s1. The van der Waals surface area contributed by atoms with E-state index in [4.69, 9.17) is 23.2 Å². The molecule has 6 heteroatoms. The fraction of sp³-hybridized carbons (Fsp3) is 0.333. The fourth-order valence-electron chi connectivity index (χ4n) is 3.56. The lowest BCUT2D eigenvalue weighted by Gasteiger charge is -2.45. The van der Waals surface area contributed by atoms with Crippen molar-refractivity contribution in [1.29, 1.82) is 0 Å². The number of benzene rings is 2. The Hall–Kier alpha value is -2.04. The predicted molar refractivity (Wildman–Crippen MR) is 113 cm³/mol. The summed E-state index contributed by atoms with van der Waals surface area (Å²) in [4.78, 5) is 14.4. The van der Waals surface area contributed by atoms with Crippen LogP contribution in [0.25, 0.3) is 0 Å². The fourth-order valence-corrected chi connectivity index (χ4v) is 3.96. The molecule has 0 fully saturated rings. The average Bonchev–Trinajstić information content (AvgIpc) is 2.60. The van der Waals surface area contributed by atoms with Gasteiger partial charge in [0.15, 0.2) is 0 Å². The molecule has 0 unspecified atom stereocenters. The van der Waals surface area contributed by atoms with Crippen molar-refractivity contribution in [1.82, 2.24) is 5.43 Å². The van der Waals surface area contributed by atoms with Crippen molar-refractivity contribution in [3.63, 3.8) is 0 Å². The summed E-state index contributed by atoms with van der Waals surface area (Å²) in [6.45, 7) is 6.70. The number of fused-ring (bicyclic) bond motifs is 1. The van der Waals surface area contributed by atoms with Crippen LogP contribution in [0.2, 0.25) is 10.0 Å². The van der Waals surface area contributed by atoms with Crippen LogP contribution in [0.1, 0.15) is 54.6 Å². The third-order valence-corrected chi connectivity index (χ3v) is 5.77. The minimum Gasteiger partial charge on any atom is -0.369 e. The molecule has 1 N–H and O–H groups in total. The average molecular weight is 404 g/mol. The Bertz CT molecular complexity index is 908. The smallest absolute Gasteiger partial charge is 0.271 e. The van der Waals surface area contributed by atoms with Gasteiger partial charge in [0.05, 0.1) is 11.2 Å². The molecule has 27 heavy (non-hydrogen) atoms. The molecule has 1 heterocycles. The summed E-state index contributed by atoms with van der Waals surface area (Å²) >= 11 is 12.4. The van der Waals surface area contributed by atoms with Crippen molar-refractivity contribution in [2.24, 2.45) is 5.10 Å². The molecule has 0 aromatic heterocycles. The van der Waals surface area contributed by atoms with Gasteiger partial charge in [-0.15, -0.1) is 0 Å². The second-order valence-electron chi connectivity index (χ2n) is 7.62. The number of nitrogens with zero attached hydrogens (tertiary/aromatic N) is 2. The maximum absolute atomic E-state index is 12.1. The molecule has 1 atom stereocenters. The third-order valence-electron chi connectivity index (χ3n) is 5.21. The maximum atomic E-state index is 12.1. The first-order chi connectivity index (χ1) is 12.7. The summed E-state index contributed by atoms with van der Waals surface area (Å²) in [5.74, 6) is 0.0920. The van der Waals surface area contributed by atoms with Crippen molar-refractivity contribution >= 4 is 41.0 Å². The largest absolute Gasteiger partial charge is 0.369 e. The summed E-state index contributed by atoms with van der Waals surface area (Å²) in [6, 6.07) is 10.8. The summed E-state index contributed by atoms with van der Waals surface area (Å²) < 4.78 is 0. The number of anilines is 1. The molecule has 3 rings (SSSR count). The maximum Gasteiger partial charge on any atom is 0.271 e. The second-order valence-corrected chi connectivity index (χ2v) is 8.46. The zero-order valence-electron chi connectivity index (χ0n) is 15.9. The molecule has 0 bridgehead atoms. The first-order valence-corrected chi connectivity index (χ1v) is 9.61. The van der Waals surface area contributed by atoms with Crippen LogP contribution in [-0.2, 0) is 0 Å². The van der Waals surface area contributed by atoms with Gasteiger partial charge in [0.25, 0.3) is 5.91 Å². The zero-order chi connectivity index (χ0) is 19.8. The van der Waals surface area contributed by atoms with Crippen molar-refractivity contribution in [3.05, 3.63) is 63.1 Å². The number of amides is 1. The molecule has 0 saturated carbocycles. The first kappa shape index (κ1) is 19.7. The molecular formula is C21H23Cl2N3O. The number of hydrogen-bond donors (Lipinski definition) is 1. The van der Waals surface area contributed by atoms with E-state index in [1.54, 1.807) is 30.5 Å².